The quantitative estimate of drug-likeness (QED) is 0.357. The molecule has 0 radical (unpaired) electrons. The van der Waals surface area contributed by atoms with E-state index in [0.29, 0.717) is 13.0 Å². The molecule has 5 nitrogen and oxygen atoms in total. The Hall–Kier alpha value is -3.06. The predicted octanol–water partition coefficient (Wildman–Crippen LogP) is 3.42. The number of ether oxygens (including phenoxy) is 1. The molecule has 7 heteroatoms. The Labute approximate surface area is 160 Å². The van der Waals surface area contributed by atoms with Crippen LogP contribution in [0.3, 0.4) is 0 Å². The van der Waals surface area contributed by atoms with Gasteiger partial charge in [0.2, 0.25) is 0 Å². The summed E-state index contributed by atoms with van der Waals surface area (Å²) in [5.74, 6) is -3.32. The van der Waals surface area contributed by atoms with Crippen LogP contribution < -0.4 is 0 Å². The number of benzene rings is 2. The molecule has 3 rings (SSSR count). The Morgan fingerprint density at radius 2 is 1.79 bits per heavy atom. The number of hydrogen-bond donors (Lipinski definition) is 1. The fourth-order valence-corrected chi connectivity index (χ4v) is 3.27. The van der Waals surface area contributed by atoms with Gasteiger partial charge in [0, 0.05) is 31.4 Å². The van der Waals surface area contributed by atoms with Crippen molar-refractivity contribution in [3.05, 3.63) is 76.9 Å². The molecular formula is C21H19F2NO4. The number of methoxy groups -OCH3 is 1. The molecule has 0 aliphatic carbocycles. The summed E-state index contributed by atoms with van der Waals surface area (Å²) in [6.07, 6.45) is 0.436. The van der Waals surface area contributed by atoms with Crippen LogP contribution in [0.15, 0.2) is 54.1 Å². The van der Waals surface area contributed by atoms with Gasteiger partial charge in [0.1, 0.15) is 17.4 Å². The van der Waals surface area contributed by atoms with Gasteiger partial charge in [0.05, 0.1) is 11.6 Å². The molecule has 1 unspecified atom stereocenters. The molecule has 1 N–H and O–H groups in total. The second kappa shape index (κ2) is 8.31. The molecule has 1 aliphatic heterocycles. The molecule has 1 saturated heterocycles. The highest BCUT2D eigenvalue weighted by Gasteiger charge is 2.46. The molecule has 0 saturated carbocycles. The zero-order valence-corrected chi connectivity index (χ0v) is 15.2. The van der Waals surface area contributed by atoms with Gasteiger partial charge < -0.3 is 14.7 Å². The molecule has 2 aromatic carbocycles. The van der Waals surface area contributed by atoms with Gasteiger partial charge in [-0.05, 0) is 36.8 Å². The van der Waals surface area contributed by atoms with E-state index in [-0.39, 0.29) is 23.2 Å². The number of carbonyl (C=O) groups excluding carboxylic acids is 2. The van der Waals surface area contributed by atoms with Crippen LogP contribution in [-0.4, -0.2) is 42.0 Å². The number of carbonyl (C=O) groups is 2. The lowest BCUT2D eigenvalue weighted by Gasteiger charge is -2.25. The maximum Gasteiger partial charge on any atom is 0.295 e. The Balaban J connectivity index is 2.14. The second-order valence-corrected chi connectivity index (χ2v) is 6.37. The van der Waals surface area contributed by atoms with Crippen LogP contribution in [-0.2, 0) is 14.3 Å². The Morgan fingerprint density at radius 1 is 1.11 bits per heavy atom. The number of hydrogen-bond acceptors (Lipinski definition) is 4. The third-order valence-electron chi connectivity index (χ3n) is 4.60. The van der Waals surface area contributed by atoms with Crippen molar-refractivity contribution >= 4 is 17.4 Å². The summed E-state index contributed by atoms with van der Waals surface area (Å²) < 4.78 is 32.7. The summed E-state index contributed by atoms with van der Waals surface area (Å²) in [6, 6.07) is 9.53. The van der Waals surface area contributed by atoms with Crippen LogP contribution in [0, 0.1) is 11.6 Å². The minimum absolute atomic E-state index is 0.0998. The third kappa shape index (κ3) is 3.66. The maximum atomic E-state index is 14.5. The lowest BCUT2D eigenvalue weighted by molar-refractivity contribution is -0.140. The minimum Gasteiger partial charge on any atom is -0.507 e. The van der Waals surface area contributed by atoms with Crippen LogP contribution in [0.5, 0.6) is 0 Å². The van der Waals surface area contributed by atoms with E-state index in [9.17, 15) is 23.5 Å². The smallest absolute Gasteiger partial charge is 0.295 e. The van der Waals surface area contributed by atoms with Gasteiger partial charge in [-0.15, -0.1) is 0 Å². The average molecular weight is 387 g/mol. The number of likely N-dealkylation sites (tertiary alicyclic amines) is 1. The first-order valence-electron chi connectivity index (χ1n) is 8.73. The molecule has 0 aromatic heterocycles. The van der Waals surface area contributed by atoms with E-state index >= 15 is 0 Å². The average Bonchev–Trinajstić information content (AvgIpc) is 2.93. The number of ketones is 1. The number of aliphatic hydroxyl groups is 1. The number of halogens is 2. The van der Waals surface area contributed by atoms with Gasteiger partial charge in [-0.2, -0.15) is 0 Å². The maximum absolute atomic E-state index is 14.5. The normalized spacial score (nSPS) is 18.7. The van der Waals surface area contributed by atoms with Crippen LogP contribution in [0.1, 0.15) is 23.6 Å². The van der Waals surface area contributed by atoms with Crippen molar-refractivity contribution in [1.29, 1.82) is 0 Å². The molecule has 2 aromatic rings. The topological polar surface area (TPSA) is 66.8 Å². The molecule has 0 spiro atoms. The Kier molecular flexibility index (Phi) is 5.84. The van der Waals surface area contributed by atoms with Crippen molar-refractivity contribution in [3.8, 4) is 0 Å². The first-order valence-corrected chi connectivity index (χ1v) is 8.73. The molecule has 1 fully saturated rings. The van der Waals surface area contributed by atoms with E-state index in [1.165, 1.54) is 42.3 Å². The number of nitrogens with zero attached hydrogens (tertiary/aromatic N) is 1. The molecule has 28 heavy (non-hydrogen) atoms. The standard InChI is InChI=1S/C21H19F2NO4/c1-28-12-4-11-24-18(15-5-2-3-6-16(15)23)17(20(26)21(24)27)19(25)13-7-9-14(22)10-8-13/h2-3,5-10,18,25H,4,11-12H2,1H3/b19-17+. The summed E-state index contributed by atoms with van der Waals surface area (Å²) in [4.78, 5) is 26.5. The molecule has 1 heterocycles. The van der Waals surface area contributed by atoms with E-state index < -0.39 is 35.1 Å². The number of rotatable bonds is 6. The zero-order chi connectivity index (χ0) is 20.3. The van der Waals surface area contributed by atoms with E-state index in [0.717, 1.165) is 12.1 Å². The minimum atomic E-state index is -1.08. The Bertz CT molecular complexity index is 924. The molecule has 1 aliphatic rings. The highest BCUT2D eigenvalue weighted by atomic mass is 19.1. The fourth-order valence-electron chi connectivity index (χ4n) is 3.27. The molecule has 0 bridgehead atoms. The van der Waals surface area contributed by atoms with Crippen LogP contribution in [0.25, 0.3) is 5.76 Å². The van der Waals surface area contributed by atoms with Crippen molar-refractivity contribution in [1.82, 2.24) is 4.90 Å². The monoisotopic (exact) mass is 387 g/mol. The van der Waals surface area contributed by atoms with Crippen molar-refractivity contribution in [2.24, 2.45) is 0 Å². The van der Waals surface area contributed by atoms with Gasteiger partial charge in [-0.25, -0.2) is 8.78 Å². The van der Waals surface area contributed by atoms with Crippen molar-refractivity contribution in [3.63, 3.8) is 0 Å². The molecule has 1 atom stereocenters. The molecule has 146 valence electrons. The number of aliphatic hydroxyl groups excluding tert-OH is 1. The van der Waals surface area contributed by atoms with Crippen LogP contribution >= 0.6 is 0 Å². The lowest BCUT2D eigenvalue weighted by Crippen LogP contribution is -2.31. The third-order valence-corrected chi connectivity index (χ3v) is 4.60. The van der Waals surface area contributed by atoms with E-state index in [1.807, 2.05) is 0 Å². The largest absolute Gasteiger partial charge is 0.507 e. The number of amides is 1. The van der Waals surface area contributed by atoms with E-state index in [4.69, 9.17) is 4.74 Å². The van der Waals surface area contributed by atoms with Gasteiger partial charge in [-0.1, -0.05) is 18.2 Å². The second-order valence-electron chi connectivity index (χ2n) is 6.37. The van der Waals surface area contributed by atoms with Crippen LogP contribution in [0.4, 0.5) is 8.78 Å². The first kappa shape index (κ1) is 19.7. The summed E-state index contributed by atoms with van der Waals surface area (Å²) >= 11 is 0. The van der Waals surface area contributed by atoms with Gasteiger partial charge in [0.15, 0.2) is 0 Å². The number of Topliss-reactive ketones (excluding diaryl/α,β-unsaturated/α-hetero) is 1. The zero-order valence-electron chi connectivity index (χ0n) is 15.2. The summed E-state index contributed by atoms with van der Waals surface area (Å²) in [5.41, 5.74) is 0.0412. The predicted molar refractivity (Wildman–Crippen MR) is 98.3 cm³/mol. The van der Waals surface area contributed by atoms with Crippen molar-refractivity contribution in [2.45, 2.75) is 12.5 Å². The van der Waals surface area contributed by atoms with Crippen LogP contribution in [0.2, 0.25) is 0 Å². The Morgan fingerprint density at radius 3 is 2.43 bits per heavy atom. The summed E-state index contributed by atoms with van der Waals surface area (Å²) in [5, 5.41) is 10.7. The molecular weight excluding hydrogens is 368 g/mol. The van der Waals surface area contributed by atoms with Crippen molar-refractivity contribution in [2.75, 3.05) is 20.3 Å². The lowest BCUT2D eigenvalue weighted by atomic mass is 9.95. The highest BCUT2D eigenvalue weighted by molar-refractivity contribution is 6.46. The highest BCUT2D eigenvalue weighted by Crippen LogP contribution is 2.40. The molecule has 1 amide bonds. The van der Waals surface area contributed by atoms with E-state index in [2.05, 4.69) is 0 Å². The summed E-state index contributed by atoms with van der Waals surface area (Å²) in [6.45, 7) is 0.503. The first-order chi connectivity index (χ1) is 13.5. The SMILES string of the molecule is COCCCN1C(=O)C(=O)/C(=C(/O)c2ccc(F)cc2)C1c1ccccc1F. The van der Waals surface area contributed by atoms with E-state index in [1.54, 1.807) is 6.07 Å². The van der Waals surface area contributed by atoms with Gasteiger partial charge in [0.25, 0.3) is 11.7 Å². The summed E-state index contributed by atoms with van der Waals surface area (Å²) in [7, 11) is 1.51. The fraction of sp³-hybridized carbons (Fsp3) is 0.238. The van der Waals surface area contributed by atoms with Crippen molar-refractivity contribution < 1.29 is 28.2 Å². The van der Waals surface area contributed by atoms with Gasteiger partial charge in [-0.3, -0.25) is 9.59 Å². The van der Waals surface area contributed by atoms with Gasteiger partial charge >= 0.3 is 0 Å².